The minimum atomic E-state index is -1.25. The third-order valence-corrected chi connectivity index (χ3v) is 4.12. The second kappa shape index (κ2) is 4.82. The Hall–Kier alpha value is -0.450. The number of morpholine rings is 1. The van der Waals surface area contributed by atoms with Crippen molar-refractivity contribution in [2.24, 2.45) is 0 Å². The van der Waals surface area contributed by atoms with Crippen LogP contribution < -0.4 is 5.32 Å². The number of hydrogen-bond donors (Lipinski definition) is 1. The fourth-order valence-electron chi connectivity index (χ4n) is 2.03. The van der Waals surface area contributed by atoms with E-state index in [1.54, 1.807) is 6.92 Å². The molecule has 1 N–H and O–H groups in total. The number of thiophene rings is 1. The maximum atomic E-state index is 14.5. The molecular formula is C12H18FNOS. The van der Waals surface area contributed by atoms with E-state index < -0.39 is 5.67 Å². The average molecular weight is 243 g/mol. The summed E-state index contributed by atoms with van der Waals surface area (Å²) in [5.41, 5.74) is -1.25. The summed E-state index contributed by atoms with van der Waals surface area (Å²) in [6, 6.07) is 4.00. The van der Waals surface area contributed by atoms with E-state index in [0.717, 1.165) is 22.9 Å². The van der Waals surface area contributed by atoms with Crippen LogP contribution in [0.4, 0.5) is 4.39 Å². The summed E-state index contributed by atoms with van der Waals surface area (Å²) in [5, 5.41) is 3.29. The Labute approximate surface area is 99.8 Å². The second-order valence-corrected chi connectivity index (χ2v) is 5.83. The lowest BCUT2D eigenvalue weighted by Gasteiger charge is -2.29. The van der Waals surface area contributed by atoms with Crippen molar-refractivity contribution in [1.29, 1.82) is 0 Å². The van der Waals surface area contributed by atoms with Crippen LogP contribution in [0.5, 0.6) is 0 Å². The van der Waals surface area contributed by atoms with Crippen LogP contribution in [0.2, 0.25) is 0 Å². The minimum Gasteiger partial charge on any atom is -0.379 e. The van der Waals surface area contributed by atoms with Gasteiger partial charge in [-0.2, -0.15) is 0 Å². The lowest BCUT2D eigenvalue weighted by atomic mass is 9.97. The first-order chi connectivity index (χ1) is 7.58. The van der Waals surface area contributed by atoms with Crippen molar-refractivity contribution in [2.75, 3.05) is 19.8 Å². The molecule has 0 saturated carbocycles. The van der Waals surface area contributed by atoms with E-state index in [4.69, 9.17) is 4.74 Å². The molecule has 1 aliphatic rings. The van der Waals surface area contributed by atoms with Gasteiger partial charge in [-0.1, -0.05) is 0 Å². The number of alkyl halides is 1. The van der Waals surface area contributed by atoms with E-state index in [2.05, 4.69) is 5.32 Å². The van der Waals surface area contributed by atoms with E-state index in [-0.39, 0.29) is 6.04 Å². The van der Waals surface area contributed by atoms with Crippen molar-refractivity contribution >= 4 is 11.3 Å². The lowest BCUT2D eigenvalue weighted by Crippen LogP contribution is -2.44. The average Bonchev–Trinajstić information content (AvgIpc) is 2.66. The highest BCUT2D eigenvalue weighted by Gasteiger charge is 2.31. The van der Waals surface area contributed by atoms with E-state index >= 15 is 0 Å². The number of nitrogens with one attached hydrogen (secondary N) is 1. The van der Waals surface area contributed by atoms with Crippen molar-refractivity contribution in [1.82, 2.24) is 5.32 Å². The van der Waals surface area contributed by atoms with Gasteiger partial charge < -0.3 is 10.1 Å². The van der Waals surface area contributed by atoms with Crippen LogP contribution in [0.3, 0.4) is 0 Å². The molecule has 4 heteroatoms. The Balaban J connectivity index is 2.01. The maximum absolute atomic E-state index is 14.5. The van der Waals surface area contributed by atoms with Crippen LogP contribution in [0.25, 0.3) is 0 Å². The predicted molar refractivity (Wildman–Crippen MR) is 64.7 cm³/mol. The number of aryl methyl sites for hydroxylation is 1. The van der Waals surface area contributed by atoms with Gasteiger partial charge in [0.15, 0.2) is 0 Å². The van der Waals surface area contributed by atoms with Gasteiger partial charge >= 0.3 is 0 Å². The Morgan fingerprint density at radius 1 is 1.62 bits per heavy atom. The zero-order chi connectivity index (χ0) is 11.6. The standard InChI is InChI=1S/C12H18FNOS/c1-9-3-4-11(16-9)12(2,13)7-10-8-15-6-5-14-10/h3-4,10,14H,5-8H2,1-2H3. The molecule has 1 saturated heterocycles. The Morgan fingerprint density at radius 2 is 2.44 bits per heavy atom. The van der Waals surface area contributed by atoms with Gasteiger partial charge in [0, 0.05) is 28.8 Å². The zero-order valence-corrected chi connectivity index (χ0v) is 10.6. The lowest BCUT2D eigenvalue weighted by molar-refractivity contribution is 0.0484. The molecule has 0 spiro atoms. The van der Waals surface area contributed by atoms with Crippen molar-refractivity contribution in [2.45, 2.75) is 32.0 Å². The molecule has 90 valence electrons. The summed E-state index contributed by atoms with van der Waals surface area (Å²) < 4.78 is 19.9. The van der Waals surface area contributed by atoms with Gasteiger partial charge in [0.05, 0.1) is 13.2 Å². The first-order valence-electron chi connectivity index (χ1n) is 5.65. The van der Waals surface area contributed by atoms with Crippen molar-refractivity contribution < 1.29 is 9.13 Å². The van der Waals surface area contributed by atoms with Crippen molar-refractivity contribution in [3.05, 3.63) is 21.9 Å². The highest BCUT2D eigenvalue weighted by molar-refractivity contribution is 7.12. The van der Waals surface area contributed by atoms with Gasteiger partial charge in [-0.3, -0.25) is 0 Å². The molecule has 0 amide bonds. The van der Waals surface area contributed by atoms with Crippen LogP contribution in [0.15, 0.2) is 12.1 Å². The molecule has 0 aliphatic carbocycles. The van der Waals surface area contributed by atoms with Crippen molar-refractivity contribution in [3.63, 3.8) is 0 Å². The zero-order valence-electron chi connectivity index (χ0n) is 9.75. The van der Waals surface area contributed by atoms with Gasteiger partial charge in [0.25, 0.3) is 0 Å². The van der Waals surface area contributed by atoms with Gasteiger partial charge in [-0.25, -0.2) is 4.39 Å². The summed E-state index contributed by atoms with van der Waals surface area (Å²) in [5.74, 6) is 0. The Bertz CT molecular complexity index is 345. The molecule has 2 unspecified atom stereocenters. The van der Waals surface area contributed by atoms with E-state index in [9.17, 15) is 4.39 Å². The van der Waals surface area contributed by atoms with Gasteiger partial charge in [-0.05, 0) is 26.0 Å². The first-order valence-corrected chi connectivity index (χ1v) is 6.46. The van der Waals surface area contributed by atoms with Crippen LogP contribution in [-0.4, -0.2) is 25.8 Å². The van der Waals surface area contributed by atoms with E-state index in [1.807, 2.05) is 19.1 Å². The smallest absolute Gasteiger partial charge is 0.143 e. The minimum absolute atomic E-state index is 0.131. The normalized spacial score (nSPS) is 25.3. The Kier molecular flexibility index (Phi) is 3.62. The van der Waals surface area contributed by atoms with Crippen molar-refractivity contribution in [3.8, 4) is 0 Å². The van der Waals surface area contributed by atoms with Gasteiger partial charge in [0.1, 0.15) is 5.67 Å². The molecule has 2 rings (SSSR count). The third-order valence-electron chi connectivity index (χ3n) is 2.88. The molecule has 2 heterocycles. The quantitative estimate of drug-likeness (QED) is 0.881. The van der Waals surface area contributed by atoms with Crippen LogP contribution in [0.1, 0.15) is 23.1 Å². The summed E-state index contributed by atoms with van der Waals surface area (Å²) in [6.07, 6.45) is 0.479. The maximum Gasteiger partial charge on any atom is 0.143 e. The number of ether oxygens (including phenoxy) is 1. The van der Waals surface area contributed by atoms with Crippen LogP contribution in [-0.2, 0) is 10.4 Å². The molecule has 0 radical (unpaired) electrons. The Morgan fingerprint density at radius 3 is 3.00 bits per heavy atom. The number of rotatable bonds is 3. The summed E-state index contributed by atoms with van der Waals surface area (Å²) >= 11 is 1.54. The monoisotopic (exact) mass is 243 g/mol. The molecule has 2 nitrogen and oxygen atoms in total. The number of hydrogen-bond acceptors (Lipinski definition) is 3. The molecule has 1 aromatic heterocycles. The molecule has 1 aromatic rings. The van der Waals surface area contributed by atoms with Gasteiger partial charge in [-0.15, -0.1) is 11.3 Å². The van der Waals surface area contributed by atoms with E-state index in [0.29, 0.717) is 13.0 Å². The summed E-state index contributed by atoms with van der Waals surface area (Å²) in [4.78, 5) is 1.98. The first kappa shape index (κ1) is 12.0. The fraction of sp³-hybridized carbons (Fsp3) is 0.667. The predicted octanol–water partition coefficient (Wildman–Crippen LogP) is 2.62. The molecule has 1 aliphatic heterocycles. The van der Waals surface area contributed by atoms with Crippen LogP contribution >= 0.6 is 11.3 Å². The third kappa shape index (κ3) is 2.81. The number of halogens is 1. The molecule has 1 fully saturated rings. The molecule has 0 aromatic carbocycles. The largest absolute Gasteiger partial charge is 0.379 e. The second-order valence-electron chi connectivity index (χ2n) is 4.54. The summed E-state index contributed by atoms with van der Waals surface area (Å²) in [6.45, 7) is 5.84. The highest BCUT2D eigenvalue weighted by Crippen LogP contribution is 2.35. The van der Waals surface area contributed by atoms with Crippen LogP contribution in [0, 0.1) is 6.92 Å². The van der Waals surface area contributed by atoms with E-state index in [1.165, 1.54) is 11.3 Å². The SMILES string of the molecule is Cc1ccc(C(C)(F)CC2COCCN2)s1. The topological polar surface area (TPSA) is 21.3 Å². The fourth-order valence-corrected chi connectivity index (χ4v) is 2.94. The molecule has 16 heavy (non-hydrogen) atoms. The van der Waals surface area contributed by atoms with Gasteiger partial charge in [0.2, 0.25) is 0 Å². The molecule has 0 bridgehead atoms. The highest BCUT2D eigenvalue weighted by atomic mass is 32.1. The molecule has 2 atom stereocenters. The summed E-state index contributed by atoms with van der Waals surface area (Å²) in [7, 11) is 0. The molecular weight excluding hydrogens is 225 g/mol.